The molecule has 25 heavy (non-hydrogen) atoms. The molecule has 2 aliphatic heterocycles. The fourth-order valence-corrected chi connectivity index (χ4v) is 3.63. The van der Waals surface area contributed by atoms with Crippen LogP contribution in [-0.4, -0.2) is 64.0 Å². The molecule has 1 N–H and O–H groups in total. The van der Waals surface area contributed by atoms with Crippen molar-refractivity contribution in [3.05, 3.63) is 22.9 Å². The van der Waals surface area contributed by atoms with E-state index >= 15 is 0 Å². The van der Waals surface area contributed by atoms with Crippen molar-refractivity contribution in [3.63, 3.8) is 0 Å². The summed E-state index contributed by atoms with van der Waals surface area (Å²) in [5.41, 5.74) is 0.780. The van der Waals surface area contributed by atoms with E-state index in [0.29, 0.717) is 19.8 Å². The molecule has 2 aromatic heterocycles. The Morgan fingerprint density at radius 3 is 3.20 bits per heavy atom. The highest BCUT2D eigenvalue weighted by Crippen LogP contribution is 2.21. The highest BCUT2D eigenvalue weighted by Gasteiger charge is 2.32. The van der Waals surface area contributed by atoms with Gasteiger partial charge in [-0.1, -0.05) is 0 Å². The lowest BCUT2D eigenvalue weighted by molar-refractivity contribution is 0.0529. The number of imidazole rings is 1. The Labute approximate surface area is 153 Å². The molecule has 8 nitrogen and oxygen atoms in total. The molecule has 2 aliphatic rings. The third-order valence-corrected chi connectivity index (χ3v) is 5.15. The van der Waals surface area contributed by atoms with Gasteiger partial charge < -0.3 is 19.7 Å². The largest absolute Gasteiger partial charge is 0.444 e. The molecule has 0 aliphatic carbocycles. The molecule has 2 fully saturated rings. The van der Waals surface area contributed by atoms with E-state index in [1.807, 2.05) is 17.0 Å². The van der Waals surface area contributed by atoms with Crippen molar-refractivity contribution in [2.45, 2.75) is 31.4 Å². The Bertz CT molecular complexity index is 761. The lowest BCUT2D eigenvalue weighted by atomic mass is 10.2. The van der Waals surface area contributed by atoms with Crippen molar-refractivity contribution in [2.75, 3.05) is 31.6 Å². The van der Waals surface area contributed by atoms with Crippen LogP contribution in [0.5, 0.6) is 0 Å². The summed E-state index contributed by atoms with van der Waals surface area (Å²) in [4.78, 5) is 18.4. The minimum atomic E-state index is -0.236. The van der Waals surface area contributed by atoms with Crippen LogP contribution in [0.3, 0.4) is 0 Å². The van der Waals surface area contributed by atoms with Gasteiger partial charge in [0.25, 0.3) is 0 Å². The highest BCUT2D eigenvalue weighted by atomic mass is 79.9. The smallest absolute Gasteiger partial charge is 0.410 e. The molecule has 0 spiro atoms. The SMILES string of the molecule is O=C(OC1CCOC1)N1CCCC1CNc1ccc2ncc(Br)n2n1. The van der Waals surface area contributed by atoms with Crippen molar-refractivity contribution in [1.82, 2.24) is 19.5 Å². The van der Waals surface area contributed by atoms with Gasteiger partial charge >= 0.3 is 6.09 Å². The summed E-state index contributed by atoms with van der Waals surface area (Å²) in [7, 11) is 0. The van der Waals surface area contributed by atoms with Crippen LogP contribution in [-0.2, 0) is 9.47 Å². The first-order valence-electron chi connectivity index (χ1n) is 8.50. The molecule has 2 unspecified atom stereocenters. The van der Waals surface area contributed by atoms with Gasteiger partial charge in [-0.2, -0.15) is 0 Å². The Hall–Kier alpha value is -1.87. The maximum Gasteiger partial charge on any atom is 0.410 e. The zero-order valence-corrected chi connectivity index (χ0v) is 15.3. The number of amides is 1. The number of aromatic nitrogens is 3. The molecule has 9 heteroatoms. The summed E-state index contributed by atoms with van der Waals surface area (Å²) in [5.74, 6) is 0.746. The van der Waals surface area contributed by atoms with E-state index in [2.05, 4.69) is 31.3 Å². The third-order valence-electron chi connectivity index (χ3n) is 4.61. The molecule has 2 atom stereocenters. The maximum atomic E-state index is 12.4. The van der Waals surface area contributed by atoms with Gasteiger partial charge in [-0.25, -0.2) is 14.3 Å². The van der Waals surface area contributed by atoms with E-state index in [9.17, 15) is 4.79 Å². The molecule has 0 radical (unpaired) electrons. The van der Waals surface area contributed by atoms with Crippen LogP contribution >= 0.6 is 15.9 Å². The number of likely N-dealkylation sites (tertiary alicyclic amines) is 1. The van der Waals surface area contributed by atoms with Crippen molar-refractivity contribution >= 4 is 33.5 Å². The average Bonchev–Trinajstić information content (AvgIpc) is 3.35. The number of nitrogens with zero attached hydrogens (tertiary/aromatic N) is 4. The Morgan fingerprint density at radius 2 is 2.36 bits per heavy atom. The van der Waals surface area contributed by atoms with Crippen LogP contribution in [0.25, 0.3) is 5.65 Å². The maximum absolute atomic E-state index is 12.4. The first-order valence-corrected chi connectivity index (χ1v) is 9.29. The minimum absolute atomic E-state index is 0.107. The Kier molecular flexibility index (Phi) is 4.76. The van der Waals surface area contributed by atoms with Crippen LogP contribution < -0.4 is 5.32 Å². The fraction of sp³-hybridized carbons (Fsp3) is 0.562. The summed E-state index contributed by atoms with van der Waals surface area (Å²) in [6.07, 6.45) is 4.10. The van der Waals surface area contributed by atoms with Crippen LogP contribution in [0.15, 0.2) is 22.9 Å². The van der Waals surface area contributed by atoms with Gasteiger partial charge in [0.05, 0.1) is 25.5 Å². The Morgan fingerprint density at radius 1 is 1.44 bits per heavy atom. The summed E-state index contributed by atoms with van der Waals surface area (Å²) >= 11 is 3.42. The minimum Gasteiger partial charge on any atom is -0.444 e. The summed E-state index contributed by atoms with van der Waals surface area (Å²) in [6, 6.07) is 3.90. The number of fused-ring (bicyclic) bond motifs is 1. The normalized spacial score (nSPS) is 23.3. The van der Waals surface area contributed by atoms with Gasteiger partial charge in [0, 0.05) is 19.5 Å². The second-order valence-corrected chi connectivity index (χ2v) is 7.12. The zero-order chi connectivity index (χ0) is 17.2. The number of halogens is 1. The van der Waals surface area contributed by atoms with Crippen molar-refractivity contribution in [3.8, 4) is 0 Å². The summed E-state index contributed by atoms with van der Waals surface area (Å²) in [5, 5.41) is 7.81. The molecule has 2 saturated heterocycles. The molecular formula is C16H20BrN5O3. The zero-order valence-electron chi connectivity index (χ0n) is 13.7. The fourth-order valence-electron chi connectivity index (χ4n) is 3.27. The topological polar surface area (TPSA) is 81.0 Å². The van der Waals surface area contributed by atoms with Crippen LogP contribution in [0.1, 0.15) is 19.3 Å². The summed E-state index contributed by atoms with van der Waals surface area (Å²) < 4.78 is 13.3. The van der Waals surface area contributed by atoms with Gasteiger partial charge in [0.2, 0.25) is 0 Å². The highest BCUT2D eigenvalue weighted by molar-refractivity contribution is 9.10. The first kappa shape index (κ1) is 16.6. The number of carbonyl (C=O) groups is 1. The van der Waals surface area contributed by atoms with Gasteiger partial charge in [-0.3, -0.25) is 0 Å². The quantitative estimate of drug-likeness (QED) is 0.833. The second kappa shape index (κ2) is 7.17. The molecule has 1 amide bonds. The standard InChI is InChI=1S/C16H20BrN5O3/c17-13-9-19-15-4-3-14(20-22(13)15)18-8-11-2-1-6-21(11)16(23)25-12-5-7-24-10-12/h3-4,9,11-12H,1-2,5-8,10H2,(H,18,20). The lowest BCUT2D eigenvalue weighted by Gasteiger charge is -2.25. The molecule has 0 saturated carbocycles. The summed E-state index contributed by atoms with van der Waals surface area (Å²) in [6.45, 7) is 2.55. The van der Waals surface area contributed by atoms with Gasteiger partial charge in [-0.05, 0) is 40.9 Å². The van der Waals surface area contributed by atoms with Gasteiger partial charge in [0.1, 0.15) is 16.5 Å². The lowest BCUT2D eigenvalue weighted by Crippen LogP contribution is -2.41. The van der Waals surface area contributed by atoms with Crippen molar-refractivity contribution in [1.29, 1.82) is 0 Å². The molecule has 4 rings (SSSR count). The molecule has 134 valence electrons. The number of carbonyl (C=O) groups excluding carboxylic acids is 1. The molecule has 0 bridgehead atoms. The van der Waals surface area contributed by atoms with Crippen LogP contribution in [0.4, 0.5) is 10.6 Å². The first-order chi connectivity index (χ1) is 12.2. The number of nitrogens with one attached hydrogen (secondary N) is 1. The number of rotatable bonds is 4. The molecule has 4 heterocycles. The van der Waals surface area contributed by atoms with E-state index in [-0.39, 0.29) is 18.2 Å². The van der Waals surface area contributed by atoms with E-state index in [1.165, 1.54) is 0 Å². The monoisotopic (exact) mass is 409 g/mol. The predicted molar refractivity (Wildman–Crippen MR) is 94.6 cm³/mol. The molecular weight excluding hydrogens is 390 g/mol. The van der Waals surface area contributed by atoms with E-state index in [1.54, 1.807) is 10.7 Å². The van der Waals surface area contributed by atoms with Crippen LogP contribution in [0, 0.1) is 0 Å². The third kappa shape index (κ3) is 3.57. The van der Waals surface area contributed by atoms with Crippen molar-refractivity contribution < 1.29 is 14.3 Å². The average molecular weight is 410 g/mol. The van der Waals surface area contributed by atoms with Crippen molar-refractivity contribution in [2.24, 2.45) is 0 Å². The van der Waals surface area contributed by atoms with E-state index in [0.717, 1.165) is 41.9 Å². The number of ether oxygens (including phenoxy) is 2. The number of hydrogen-bond acceptors (Lipinski definition) is 6. The van der Waals surface area contributed by atoms with E-state index in [4.69, 9.17) is 9.47 Å². The predicted octanol–water partition coefficient (Wildman–Crippen LogP) is 2.29. The van der Waals surface area contributed by atoms with E-state index < -0.39 is 0 Å². The van der Waals surface area contributed by atoms with Crippen LogP contribution in [0.2, 0.25) is 0 Å². The Balaban J connectivity index is 1.37. The number of anilines is 1. The van der Waals surface area contributed by atoms with Gasteiger partial charge in [0.15, 0.2) is 5.65 Å². The number of hydrogen-bond donors (Lipinski definition) is 1. The van der Waals surface area contributed by atoms with Gasteiger partial charge in [-0.15, -0.1) is 5.10 Å². The molecule has 0 aromatic carbocycles. The molecule has 2 aromatic rings. The second-order valence-electron chi connectivity index (χ2n) is 6.31.